The number of hydrogen-bond acceptors (Lipinski definition) is 8. The molecule has 0 spiro atoms. The fourth-order valence-electron chi connectivity index (χ4n) is 1.15. The van der Waals surface area contributed by atoms with Crippen molar-refractivity contribution in [3.8, 4) is 0 Å². The number of thioether (sulfide) groups is 4. The van der Waals surface area contributed by atoms with Crippen LogP contribution in [0.3, 0.4) is 0 Å². The zero-order valence-corrected chi connectivity index (χ0v) is 16.9. The van der Waals surface area contributed by atoms with Crippen molar-refractivity contribution in [1.29, 1.82) is 0 Å². The predicted molar refractivity (Wildman–Crippen MR) is 106 cm³/mol. The summed E-state index contributed by atoms with van der Waals surface area (Å²) in [6.45, 7) is 3.99. The van der Waals surface area contributed by atoms with Crippen LogP contribution in [0.4, 0.5) is 0 Å². The zero-order chi connectivity index (χ0) is 18.2. The largest absolute Gasteiger partial charge is 0.355 e. The fraction of sp³-hybridized carbons (Fsp3) is 0.571. The van der Waals surface area contributed by atoms with Crippen molar-refractivity contribution in [1.82, 2.24) is 10.6 Å². The molecule has 0 aromatic carbocycles. The highest BCUT2D eigenvalue weighted by Gasteiger charge is 2.03. The molecule has 0 aliphatic heterocycles. The van der Waals surface area contributed by atoms with Gasteiger partial charge < -0.3 is 10.6 Å². The van der Waals surface area contributed by atoms with E-state index in [1.54, 1.807) is 23.5 Å². The number of hydrogen-bond donors (Lipinski definition) is 2. The Bertz CT molecular complexity index is 418. The first-order valence-corrected chi connectivity index (χ1v) is 11.2. The van der Waals surface area contributed by atoms with Crippen molar-refractivity contribution in [3.05, 3.63) is 10.8 Å². The summed E-state index contributed by atoms with van der Waals surface area (Å²) in [6, 6.07) is 0. The van der Waals surface area contributed by atoms with Crippen LogP contribution in [0.1, 0.15) is 13.8 Å². The fourth-order valence-corrected chi connectivity index (χ4v) is 3.36. The van der Waals surface area contributed by atoms with E-state index in [0.29, 0.717) is 13.1 Å². The Morgan fingerprint density at radius 1 is 0.750 bits per heavy atom. The van der Waals surface area contributed by atoms with Crippen molar-refractivity contribution in [2.24, 2.45) is 0 Å². The molecule has 0 saturated carbocycles. The summed E-state index contributed by atoms with van der Waals surface area (Å²) < 4.78 is 0. The summed E-state index contributed by atoms with van der Waals surface area (Å²) in [5.41, 5.74) is 0. The summed E-state index contributed by atoms with van der Waals surface area (Å²) in [6.07, 6.45) is 0. The second-order valence-corrected chi connectivity index (χ2v) is 8.61. The Balaban J connectivity index is 3.41. The standard InChI is InChI=1S/C14H22N2O4S4/c1-11(17)23-9-13(19)15-3-5-21-7-8-22-6-4-16-14(20)10-24-12(2)18/h7-8H,3-6,9-10H2,1-2H3,(H,15,19)(H,16,20)/b8-7+. The van der Waals surface area contributed by atoms with Crippen LogP contribution in [-0.4, -0.2) is 58.1 Å². The predicted octanol–water partition coefficient (Wildman–Crippen LogP) is 1.72. The van der Waals surface area contributed by atoms with Gasteiger partial charge in [-0.2, -0.15) is 0 Å². The minimum Gasteiger partial charge on any atom is -0.355 e. The Morgan fingerprint density at radius 2 is 1.12 bits per heavy atom. The topological polar surface area (TPSA) is 92.3 Å². The molecule has 0 radical (unpaired) electrons. The molecule has 0 aliphatic rings. The molecule has 0 atom stereocenters. The van der Waals surface area contributed by atoms with Gasteiger partial charge in [0.25, 0.3) is 0 Å². The summed E-state index contributed by atoms with van der Waals surface area (Å²) in [7, 11) is 0. The van der Waals surface area contributed by atoms with E-state index in [1.165, 1.54) is 13.8 Å². The molecule has 136 valence electrons. The molecule has 0 aliphatic carbocycles. The Kier molecular flexibility index (Phi) is 15.5. The molecular weight excluding hydrogens is 388 g/mol. The van der Waals surface area contributed by atoms with Gasteiger partial charge >= 0.3 is 0 Å². The number of carbonyl (C=O) groups is 4. The third kappa shape index (κ3) is 17.8. The summed E-state index contributed by atoms with van der Waals surface area (Å²) in [5.74, 6) is 1.59. The van der Waals surface area contributed by atoms with Crippen LogP contribution in [0.2, 0.25) is 0 Å². The second kappa shape index (κ2) is 15.9. The maximum absolute atomic E-state index is 11.3. The van der Waals surface area contributed by atoms with E-state index in [4.69, 9.17) is 0 Å². The zero-order valence-electron chi connectivity index (χ0n) is 13.7. The highest BCUT2D eigenvalue weighted by molar-refractivity contribution is 8.14. The summed E-state index contributed by atoms with van der Waals surface area (Å²) in [4.78, 5) is 44.0. The minimum absolute atomic E-state index is 0.0618. The number of amides is 2. The molecule has 10 heteroatoms. The van der Waals surface area contributed by atoms with Gasteiger partial charge in [-0.15, -0.1) is 23.5 Å². The molecule has 0 rings (SSSR count). The van der Waals surface area contributed by atoms with Crippen LogP contribution in [-0.2, 0) is 19.2 Å². The molecule has 6 nitrogen and oxygen atoms in total. The van der Waals surface area contributed by atoms with Crippen molar-refractivity contribution >= 4 is 69.1 Å². The lowest BCUT2D eigenvalue weighted by Gasteiger charge is -2.03. The van der Waals surface area contributed by atoms with Crippen LogP contribution in [0.25, 0.3) is 0 Å². The molecule has 0 aromatic heterocycles. The van der Waals surface area contributed by atoms with Crippen molar-refractivity contribution in [2.45, 2.75) is 13.8 Å². The first-order valence-electron chi connectivity index (χ1n) is 7.10. The van der Waals surface area contributed by atoms with Crippen LogP contribution < -0.4 is 10.6 Å². The monoisotopic (exact) mass is 410 g/mol. The number of rotatable bonds is 12. The van der Waals surface area contributed by atoms with E-state index in [-0.39, 0.29) is 33.6 Å². The number of nitrogens with one attached hydrogen (secondary N) is 2. The van der Waals surface area contributed by atoms with Gasteiger partial charge in [-0.25, -0.2) is 0 Å². The smallest absolute Gasteiger partial charge is 0.230 e. The van der Waals surface area contributed by atoms with Crippen LogP contribution >= 0.6 is 47.0 Å². The van der Waals surface area contributed by atoms with E-state index < -0.39 is 0 Å². The van der Waals surface area contributed by atoms with Crippen molar-refractivity contribution in [2.75, 3.05) is 36.1 Å². The molecule has 24 heavy (non-hydrogen) atoms. The molecule has 2 N–H and O–H groups in total. The maximum Gasteiger partial charge on any atom is 0.230 e. The average Bonchev–Trinajstić information content (AvgIpc) is 2.52. The molecule has 2 amide bonds. The van der Waals surface area contributed by atoms with Gasteiger partial charge in [0.1, 0.15) is 0 Å². The third-order valence-corrected chi connectivity index (χ3v) is 5.48. The normalized spacial score (nSPS) is 10.6. The van der Waals surface area contributed by atoms with Gasteiger partial charge in [-0.05, 0) is 10.8 Å². The second-order valence-electron chi connectivity index (χ2n) is 4.27. The molecule has 0 aromatic rings. The van der Waals surface area contributed by atoms with Gasteiger partial charge in [-0.3, -0.25) is 19.2 Å². The van der Waals surface area contributed by atoms with Crippen molar-refractivity contribution < 1.29 is 19.2 Å². The first kappa shape index (κ1) is 23.4. The van der Waals surface area contributed by atoms with E-state index in [2.05, 4.69) is 10.6 Å². The summed E-state index contributed by atoms with van der Waals surface area (Å²) >= 11 is 5.16. The number of carbonyl (C=O) groups excluding carboxylic acids is 4. The molecular formula is C14H22N2O4S4. The van der Waals surface area contributed by atoms with Gasteiger partial charge in [0, 0.05) is 38.4 Å². The minimum atomic E-state index is -0.132. The van der Waals surface area contributed by atoms with Crippen LogP contribution in [0, 0.1) is 0 Å². The van der Waals surface area contributed by atoms with E-state index in [9.17, 15) is 19.2 Å². The summed E-state index contributed by atoms with van der Waals surface area (Å²) in [5, 5.41) is 9.22. The lowest BCUT2D eigenvalue weighted by molar-refractivity contribution is -0.119. The SMILES string of the molecule is CC(=O)SCC(=O)NCCS/C=C/SCCNC(=O)CSC(C)=O. The first-order chi connectivity index (χ1) is 11.4. The van der Waals surface area contributed by atoms with Gasteiger partial charge in [0.2, 0.25) is 11.8 Å². The van der Waals surface area contributed by atoms with Crippen molar-refractivity contribution in [3.63, 3.8) is 0 Å². The van der Waals surface area contributed by atoms with E-state index >= 15 is 0 Å². The molecule has 0 bridgehead atoms. The van der Waals surface area contributed by atoms with E-state index in [1.807, 2.05) is 10.8 Å². The Morgan fingerprint density at radius 3 is 1.46 bits per heavy atom. The van der Waals surface area contributed by atoms with Gasteiger partial charge in [0.05, 0.1) is 11.5 Å². The highest BCUT2D eigenvalue weighted by Crippen LogP contribution is 2.08. The Hall–Kier alpha value is -0.580. The quantitative estimate of drug-likeness (QED) is 0.470. The maximum atomic E-state index is 11.3. The van der Waals surface area contributed by atoms with Crippen LogP contribution in [0.15, 0.2) is 10.8 Å². The Labute approximate surface area is 159 Å². The average molecular weight is 411 g/mol. The van der Waals surface area contributed by atoms with Gasteiger partial charge in [0.15, 0.2) is 10.2 Å². The van der Waals surface area contributed by atoms with Crippen LogP contribution in [0.5, 0.6) is 0 Å². The van der Waals surface area contributed by atoms with Gasteiger partial charge in [-0.1, -0.05) is 23.5 Å². The molecule has 0 saturated heterocycles. The molecule has 0 fully saturated rings. The highest BCUT2D eigenvalue weighted by atomic mass is 32.2. The molecule has 0 heterocycles. The third-order valence-electron chi connectivity index (χ3n) is 2.15. The lowest BCUT2D eigenvalue weighted by Crippen LogP contribution is -2.27. The molecule has 0 unspecified atom stereocenters. The lowest BCUT2D eigenvalue weighted by atomic mass is 10.6. The van der Waals surface area contributed by atoms with E-state index in [0.717, 1.165) is 35.0 Å².